The predicted molar refractivity (Wildman–Crippen MR) is 65.9 cm³/mol. The van der Waals surface area contributed by atoms with Crippen LogP contribution in [0.2, 0.25) is 0 Å². The Bertz CT molecular complexity index is 379. The number of nitrogens with two attached hydrogens (primary N) is 1. The van der Waals surface area contributed by atoms with E-state index in [9.17, 15) is 0 Å². The van der Waals surface area contributed by atoms with Gasteiger partial charge >= 0.3 is 0 Å². The summed E-state index contributed by atoms with van der Waals surface area (Å²) in [7, 11) is 0. The standard InChI is InChI=1S/C11H13N3S/c12-11(15)14-13-7-8-1-3-9(4-2-8)10-5-6-10/h1-4,7,10H,5-6H2,(H3,12,14,15). The molecule has 4 heteroatoms. The third-order valence-electron chi connectivity index (χ3n) is 2.37. The van der Waals surface area contributed by atoms with Gasteiger partial charge in [0.15, 0.2) is 5.11 Å². The van der Waals surface area contributed by atoms with Crippen LogP contribution in [0.5, 0.6) is 0 Å². The van der Waals surface area contributed by atoms with E-state index in [1.165, 1.54) is 18.4 Å². The molecule has 0 aromatic heterocycles. The summed E-state index contributed by atoms with van der Waals surface area (Å²) in [6, 6.07) is 8.41. The maximum Gasteiger partial charge on any atom is 0.184 e. The highest BCUT2D eigenvalue weighted by Gasteiger charge is 2.22. The van der Waals surface area contributed by atoms with E-state index < -0.39 is 0 Å². The van der Waals surface area contributed by atoms with Gasteiger partial charge in [-0.2, -0.15) is 5.10 Å². The number of nitrogens with zero attached hydrogens (tertiary/aromatic N) is 1. The van der Waals surface area contributed by atoms with E-state index >= 15 is 0 Å². The van der Waals surface area contributed by atoms with Crippen LogP contribution in [0.1, 0.15) is 29.9 Å². The summed E-state index contributed by atoms with van der Waals surface area (Å²) in [5.41, 5.74) is 10.2. The van der Waals surface area contributed by atoms with E-state index in [0.717, 1.165) is 11.5 Å². The van der Waals surface area contributed by atoms with Crippen molar-refractivity contribution in [2.75, 3.05) is 0 Å². The smallest absolute Gasteiger partial charge is 0.184 e. The van der Waals surface area contributed by atoms with Gasteiger partial charge in [-0.15, -0.1) is 0 Å². The molecular formula is C11H13N3S. The first kappa shape index (κ1) is 10.1. The van der Waals surface area contributed by atoms with Gasteiger partial charge in [-0.05, 0) is 42.1 Å². The van der Waals surface area contributed by atoms with Gasteiger partial charge in [0, 0.05) is 0 Å². The van der Waals surface area contributed by atoms with Crippen molar-refractivity contribution < 1.29 is 0 Å². The molecule has 3 N–H and O–H groups in total. The van der Waals surface area contributed by atoms with Crippen LogP contribution in [0, 0.1) is 0 Å². The number of thiocarbonyl (C=S) groups is 1. The monoisotopic (exact) mass is 219 g/mol. The Labute approximate surface area is 94.4 Å². The van der Waals surface area contributed by atoms with Gasteiger partial charge < -0.3 is 5.73 Å². The Morgan fingerprint density at radius 3 is 2.60 bits per heavy atom. The van der Waals surface area contributed by atoms with Crippen molar-refractivity contribution >= 4 is 23.5 Å². The molecule has 0 radical (unpaired) electrons. The summed E-state index contributed by atoms with van der Waals surface area (Å²) in [5.74, 6) is 0.797. The van der Waals surface area contributed by atoms with Crippen LogP contribution in [0.4, 0.5) is 0 Å². The summed E-state index contributed by atoms with van der Waals surface area (Å²) < 4.78 is 0. The van der Waals surface area contributed by atoms with E-state index in [-0.39, 0.29) is 5.11 Å². The molecule has 1 aliphatic rings. The average Bonchev–Trinajstić information content (AvgIpc) is 3.02. The molecule has 1 saturated carbocycles. The first-order chi connectivity index (χ1) is 7.25. The number of benzene rings is 1. The van der Waals surface area contributed by atoms with Gasteiger partial charge in [-0.25, -0.2) is 0 Å². The SMILES string of the molecule is NC(=S)NN=Cc1ccc(C2CC2)cc1. The Balaban J connectivity index is 1.97. The zero-order valence-electron chi connectivity index (χ0n) is 8.31. The fourth-order valence-electron chi connectivity index (χ4n) is 1.44. The van der Waals surface area contributed by atoms with E-state index in [1.54, 1.807) is 6.21 Å². The van der Waals surface area contributed by atoms with Crippen molar-refractivity contribution in [3.05, 3.63) is 35.4 Å². The van der Waals surface area contributed by atoms with Crippen molar-refractivity contribution in [1.82, 2.24) is 5.43 Å². The molecule has 0 heterocycles. The van der Waals surface area contributed by atoms with Crippen molar-refractivity contribution in [1.29, 1.82) is 0 Å². The van der Waals surface area contributed by atoms with Gasteiger partial charge in [-0.3, -0.25) is 5.43 Å². The van der Waals surface area contributed by atoms with Gasteiger partial charge in [0.05, 0.1) is 6.21 Å². The first-order valence-electron chi connectivity index (χ1n) is 4.94. The van der Waals surface area contributed by atoms with Crippen molar-refractivity contribution in [3.63, 3.8) is 0 Å². The summed E-state index contributed by atoms with van der Waals surface area (Å²) >= 11 is 4.63. The Hall–Kier alpha value is -1.42. The van der Waals surface area contributed by atoms with Gasteiger partial charge in [0.1, 0.15) is 0 Å². The van der Waals surface area contributed by atoms with E-state index in [1.807, 2.05) is 0 Å². The van der Waals surface area contributed by atoms with Gasteiger partial charge in [0.2, 0.25) is 0 Å². The molecule has 0 bridgehead atoms. The minimum absolute atomic E-state index is 0.181. The molecule has 0 aliphatic heterocycles. The Kier molecular flexibility index (Phi) is 2.97. The lowest BCUT2D eigenvalue weighted by molar-refractivity contribution is 1.04. The molecule has 0 spiro atoms. The maximum atomic E-state index is 5.24. The summed E-state index contributed by atoms with van der Waals surface area (Å²) in [6.07, 6.45) is 4.36. The molecule has 0 atom stereocenters. The first-order valence-corrected chi connectivity index (χ1v) is 5.35. The van der Waals surface area contributed by atoms with Crippen LogP contribution in [0.25, 0.3) is 0 Å². The van der Waals surface area contributed by atoms with Gasteiger partial charge in [-0.1, -0.05) is 24.3 Å². The minimum Gasteiger partial charge on any atom is -0.375 e. The zero-order chi connectivity index (χ0) is 10.7. The van der Waals surface area contributed by atoms with E-state index in [4.69, 9.17) is 5.73 Å². The largest absolute Gasteiger partial charge is 0.375 e. The van der Waals surface area contributed by atoms with Crippen LogP contribution < -0.4 is 11.2 Å². The molecule has 1 aromatic carbocycles. The lowest BCUT2D eigenvalue weighted by Crippen LogP contribution is -2.23. The summed E-state index contributed by atoms with van der Waals surface area (Å²) in [6.45, 7) is 0. The summed E-state index contributed by atoms with van der Waals surface area (Å²) in [5, 5.41) is 4.07. The molecule has 3 nitrogen and oxygen atoms in total. The van der Waals surface area contributed by atoms with Crippen LogP contribution in [-0.2, 0) is 0 Å². The fraction of sp³-hybridized carbons (Fsp3) is 0.273. The molecular weight excluding hydrogens is 206 g/mol. The number of hydrogen-bond donors (Lipinski definition) is 2. The molecule has 0 unspecified atom stereocenters. The normalized spacial score (nSPS) is 15.5. The molecule has 0 saturated heterocycles. The van der Waals surface area contributed by atoms with Crippen LogP contribution in [0.15, 0.2) is 29.4 Å². The third kappa shape index (κ3) is 3.02. The van der Waals surface area contributed by atoms with Crippen LogP contribution >= 0.6 is 12.2 Å². The molecule has 1 aliphatic carbocycles. The quantitative estimate of drug-likeness (QED) is 0.462. The molecule has 15 heavy (non-hydrogen) atoms. The Morgan fingerprint density at radius 1 is 1.40 bits per heavy atom. The van der Waals surface area contributed by atoms with Crippen molar-refractivity contribution in [2.24, 2.45) is 10.8 Å². The van der Waals surface area contributed by atoms with E-state index in [2.05, 4.69) is 47.0 Å². The zero-order valence-corrected chi connectivity index (χ0v) is 9.13. The second-order valence-corrected chi connectivity index (χ2v) is 4.12. The molecule has 1 aromatic rings. The third-order valence-corrected chi connectivity index (χ3v) is 2.46. The topological polar surface area (TPSA) is 50.4 Å². The highest BCUT2D eigenvalue weighted by atomic mass is 32.1. The van der Waals surface area contributed by atoms with Crippen molar-refractivity contribution in [3.8, 4) is 0 Å². The molecule has 0 amide bonds. The van der Waals surface area contributed by atoms with Crippen LogP contribution in [-0.4, -0.2) is 11.3 Å². The fourth-order valence-corrected chi connectivity index (χ4v) is 1.49. The highest BCUT2D eigenvalue weighted by molar-refractivity contribution is 7.80. The maximum absolute atomic E-state index is 5.24. The molecule has 78 valence electrons. The lowest BCUT2D eigenvalue weighted by atomic mass is 10.1. The van der Waals surface area contributed by atoms with Gasteiger partial charge in [0.25, 0.3) is 0 Å². The molecule has 1 fully saturated rings. The Morgan fingerprint density at radius 2 is 2.07 bits per heavy atom. The number of hydrazone groups is 1. The van der Waals surface area contributed by atoms with Crippen molar-refractivity contribution in [2.45, 2.75) is 18.8 Å². The minimum atomic E-state index is 0.181. The number of hydrogen-bond acceptors (Lipinski definition) is 2. The van der Waals surface area contributed by atoms with E-state index in [0.29, 0.717) is 0 Å². The second kappa shape index (κ2) is 4.40. The predicted octanol–water partition coefficient (Wildman–Crippen LogP) is 1.73. The lowest BCUT2D eigenvalue weighted by Gasteiger charge is -1.98. The summed E-state index contributed by atoms with van der Waals surface area (Å²) in [4.78, 5) is 0. The second-order valence-electron chi connectivity index (χ2n) is 3.68. The van der Waals surface area contributed by atoms with Crippen LogP contribution in [0.3, 0.4) is 0 Å². The average molecular weight is 219 g/mol. The number of nitrogens with one attached hydrogen (secondary N) is 1. The number of rotatable bonds is 3. The molecule has 2 rings (SSSR count). The highest BCUT2D eigenvalue weighted by Crippen LogP contribution is 2.39.